The van der Waals surface area contributed by atoms with Crippen molar-refractivity contribution in [3.8, 4) is 0 Å². The van der Waals surface area contributed by atoms with Gasteiger partial charge in [0.15, 0.2) is 0 Å². The van der Waals surface area contributed by atoms with E-state index in [9.17, 15) is 9.59 Å². The van der Waals surface area contributed by atoms with E-state index in [1.807, 2.05) is 36.1 Å². The second-order valence-electron chi connectivity index (χ2n) is 6.98. The average Bonchev–Trinajstić information content (AvgIpc) is 3.46. The lowest BCUT2D eigenvalue weighted by atomic mass is 10.1. The van der Waals surface area contributed by atoms with Gasteiger partial charge >= 0.3 is 0 Å². The maximum Gasteiger partial charge on any atom is 0.230 e. The van der Waals surface area contributed by atoms with E-state index < -0.39 is 0 Å². The Kier molecular flexibility index (Phi) is 5.71. The van der Waals surface area contributed by atoms with Crippen molar-refractivity contribution in [2.75, 3.05) is 11.4 Å². The van der Waals surface area contributed by atoms with Crippen molar-refractivity contribution < 1.29 is 9.59 Å². The lowest BCUT2D eigenvalue weighted by molar-refractivity contribution is -0.120. The van der Waals surface area contributed by atoms with Gasteiger partial charge in [0.2, 0.25) is 11.8 Å². The molecule has 1 N–H and O–H groups in total. The second kappa shape index (κ2) is 8.17. The Morgan fingerprint density at radius 1 is 1.08 bits per heavy atom. The number of carbonyl (C=O) groups is 2. The van der Waals surface area contributed by atoms with Gasteiger partial charge in [-0.25, -0.2) is 0 Å². The molecule has 0 atom stereocenters. The lowest BCUT2D eigenvalue weighted by Crippen LogP contribution is -2.32. The molecule has 2 aromatic rings. The van der Waals surface area contributed by atoms with Crippen LogP contribution in [0.2, 0.25) is 0 Å². The summed E-state index contributed by atoms with van der Waals surface area (Å²) in [6, 6.07) is 16.1. The summed E-state index contributed by atoms with van der Waals surface area (Å²) in [6.07, 6.45) is 2.28. The summed E-state index contributed by atoms with van der Waals surface area (Å²) in [5.74, 6) is 0.330. The summed E-state index contributed by atoms with van der Waals surface area (Å²) in [5, 5.41) is 2.82. The number of nitrogens with one attached hydrogen (secondary N) is 1. The number of hydrogen-bond acceptors (Lipinski definition) is 2. The summed E-state index contributed by atoms with van der Waals surface area (Å²) < 4.78 is 0. The molecule has 4 heteroatoms. The van der Waals surface area contributed by atoms with Crippen LogP contribution in [0.4, 0.5) is 5.69 Å². The highest BCUT2D eigenvalue weighted by Gasteiger charge is 2.34. The van der Waals surface area contributed by atoms with Gasteiger partial charge in [-0.1, -0.05) is 42.0 Å². The Hall–Kier alpha value is -2.62. The zero-order chi connectivity index (χ0) is 18.5. The fourth-order valence-corrected chi connectivity index (χ4v) is 3.00. The molecule has 0 saturated heterocycles. The number of likely N-dealkylation sites (N-methyl/N-ethyl adjacent to an activating group) is 1. The monoisotopic (exact) mass is 350 g/mol. The first-order valence-corrected chi connectivity index (χ1v) is 9.29. The molecule has 0 heterocycles. The van der Waals surface area contributed by atoms with Crippen molar-refractivity contribution in [2.24, 2.45) is 5.92 Å². The molecule has 0 bridgehead atoms. The van der Waals surface area contributed by atoms with Crippen molar-refractivity contribution in [1.29, 1.82) is 0 Å². The molecule has 1 aliphatic rings. The fraction of sp³-hybridized carbons (Fsp3) is 0.364. The van der Waals surface area contributed by atoms with Crippen LogP contribution in [0.25, 0.3) is 0 Å². The van der Waals surface area contributed by atoms with Gasteiger partial charge in [-0.3, -0.25) is 9.59 Å². The number of hydrogen-bond donors (Lipinski definition) is 1. The lowest BCUT2D eigenvalue weighted by Gasteiger charge is -2.24. The molecule has 0 spiro atoms. The van der Waals surface area contributed by atoms with Gasteiger partial charge in [-0.2, -0.15) is 0 Å². The zero-order valence-corrected chi connectivity index (χ0v) is 15.5. The molecule has 0 aromatic heterocycles. The van der Waals surface area contributed by atoms with E-state index in [1.165, 1.54) is 5.56 Å². The molecular formula is C22H26N2O2. The molecule has 0 unspecified atom stereocenters. The Balaban J connectivity index is 1.83. The minimum atomic E-state index is 0.00301. The Morgan fingerprint density at radius 3 is 2.46 bits per heavy atom. The second-order valence-corrected chi connectivity index (χ2v) is 6.98. The smallest absolute Gasteiger partial charge is 0.230 e. The van der Waals surface area contributed by atoms with Gasteiger partial charge in [0.25, 0.3) is 0 Å². The van der Waals surface area contributed by atoms with Crippen LogP contribution in [0.5, 0.6) is 0 Å². The number of amides is 2. The zero-order valence-electron chi connectivity index (χ0n) is 15.5. The summed E-state index contributed by atoms with van der Waals surface area (Å²) in [7, 11) is 0. The van der Waals surface area contributed by atoms with E-state index in [1.54, 1.807) is 0 Å². The molecule has 0 aliphatic heterocycles. The van der Waals surface area contributed by atoms with E-state index in [0.29, 0.717) is 19.5 Å². The first-order valence-electron chi connectivity index (χ1n) is 9.29. The van der Waals surface area contributed by atoms with E-state index in [0.717, 1.165) is 29.7 Å². The van der Waals surface area contributed by atoms with Crippen molar-refractivity contribution in [2.45, 2.75) is 39.7 Å². The predicted molar refractivity (Wildman–Crippen MR) is 104 cm³/mol. The minimum absolute atomic E-state index is 0.00301. The van der Waals surface area contributed by atoms with Crippen LogP contribution in [0.15, 0.2) is 48.5 Å². The molecule has 2 amide bonds. The quantitative estimate of drug-likeness (QED) is 0.829. The molecule has 1 fully saturated rings. The van der Waals surface area contributed by atoms with Gasteiger partial charge in [0.1, 0.15) is 0 Å². The number of nitrogens with zero attached hydrogens (tertiary/aromatic N) is 1. The van der Waals surface area contributed by atoms with Gasteiger partial charge in [0, 0.05) is 18.2 Å². The molecule has 26 heavy (non-hydrogen) atoms. The third kappa shape index (κ3) is 4.72. The third-order valence-electron chi connectivity index (χ3n) is 4.61. The summed E-state index contributed by atoms with van der Waals surface area (Å²) in [4.78, 5) is 26.6. The molecule has 1 saturated carbocycles. The van der Waals surface area contributed by atoms with Crippen molar-refractivity contribution in [3.63, 3.8) is 0 Å². The van der Waals surface area contributed by atoms with Crippen LogP contribution in [0.3, 0.4) is 0 Å². The highest BCUT2D eigenvalue weighted by Crippen LogP contribution is 2.33. The Bertz CT molecular complexity index is 779. The van der Waals surface area contributed by atoms with Gasteiger partial charge in [0.05, 0.1) is 13.0 Å². The average molecular weight is 350 g/mol. The van der Waals surface area contributed by atoms with Gasteiger partial charge < -0.3 is 10.2 Å². The predicted octanol–water partition coefficient (Wildman–Crippen LogP) is 3.62. The topological polar surface area (TPSA) is 49.4 Å². The van der Waals surface area contributed by atoms with Gasteiger partial charge in [-0.05, 0) is 49.9 Å². The first kappa shape index (κ1) is 18.2. The summed E-state index contributed by atoms with van der Waals surface area (Å²) in [5.41, 5.74) is 4.10. The molecule has 1 aliphatic carbocycles. The van der Waals surface area contributed by atoms with E-state index >= 15 is 0 Å². The molecule has 2 aromatic carbocycles. The number of anilines is 1. The van der Waals surface area contributed by atoms with Crippen LogP contribution in [-0.4, -0.2) is 18.4 Å². The molecule has 4 nitrogen and oxygen atoms in total. The van der Waals surface area contributed by atoms with Crippen LogP contribution in [0, 0.1) is 12.8 Å². The van der Waals surface area contributed by atoms with Crippen LogP contribution in [0.1, 0.15) is 36.5 Å². The fourth-order valence-electron chi connectivity index (χ4n) is 3.00. The number of benzene rings is 2. The Labute approximate surface area is 155 Å². The van der Waals surface area contributed by atoms with E-state index in [-0.39, 0.29) is 17.7 Å². The first-order chi connectivity index (χ1) is 12.6. The normalized spacial score (nSPS) is 13.3. The van der Waals surface area contributed by atoms with Crippen LogP contribution < -0.4 is 10.2 Å². The minimum Gasteiger partial charge on any atom is -0.356 e. The van der Waals surface area contributed by atoms with Crippen molar-refractivity contribution in [3.05, 3.63) is 65.2 Å². The highest BCUT2D eigenvalue weighted by molar-refractivity contribution is 5.96. The number of carbonyl (C=O) groups excluding carboxylic acids is 2. The van der Waals surface area contributed by atoms with E-state index in [4.69, 9.17) is 0 Å². The third-order valence-corrected chi connectivity index (χ3v) is 4.61. The Morgan fingerprint density at radius 2 is 1.81 bits per heavy atom. The molecular weight excluding hydrogens is 324 g/mol. The summed E-state index contributed by atoms with van der Waals surface area (Å²) >= 11 is 0. The van der Waals surface area contributed by atoms with Crippen molar-refractivity contribution in [1.82, 2.24) is 5.32 Å². The van der Waals surface area contributed by atoms with Crippen molar-refractivity contribution >= 4 is 17.5 Å². The molecule has 0 radical (unpaired) electrons. The van der Waals surface area contributed by atoms with Gasteiger partial charge in [-0.15, -0.1) is 0 Å². The molecule has 136 valence electrons. The number of rotatable bonds is 7. The largest absolute Gasteiger partial charge is 0.356 e. The highest BCUT2D eigenvalue weighted by atomic mass is 16.2. The SMILES string of the molecule is CCNC(=O)Cc1cccc(N(Cc2ccc(C)cc2)C(=O)C2CC2)c1. The summed E-state index contributed by atoms with van der Waals surface area (Å²) in [6.45, 7) is 5.14. The number of aryl methyl sites for hydroxylation is 1. The maximum absolute atomic E-state index is 12.9. The molecule has 3 rings (SSSR count). The van der Waals surface area contributed by atoms with Crippen LogP contribution >= 0.6 is 0 Å². The standard InChI is InChI=1S/C22H26N2O2/c1-3-23-21(25)14-18-5-4-6-20(13-18)24(22(26)19-11-12-19)15-17-9-7-16(2)8-10-17/h4-10,13,19H,3,11-12,14-15H2,1-2H3,(H,23,25). The van der Waals surface area contributed by atoms with Crippen LogP contribution in [-0.2, 0) is 22.6 Å². The maximum atomic E-state index is 12.9. The van der Waals surface area contributed by atoms with E-state index in [2.05, 4.69) is 36.5 Å².